The fraction of sp³-hybridized carbons (Fsp3) is 0.450. The molecule has 2 aromatic rings. The topological polar surface area (TPSA) is 28.6 Å². The summed E-state index contributed by atoms with van der Waals surface area (Å²) in [5.41, 5.74) is 2.68. The summed E-state index contributed by atoms with van der Waals surface area (Å²) in [5, 5.41) is 0. The minimum atomic E-state index is 0.483. The maximum Gasteiger partial charge on any atom is 0.0594 e. The number of pyridine rings is 1. The van der Waals surface area contributed by atoms with Gasteiger partial charge in [0.2, 0.25) is 0 Å². The van der Waals surface area contributed by atoms with Crippen molar-refractivity contribution < 1.29 is 4.74 Å². The van der Waals surface area contributed by atoms with Gasteiger partial charge >= 0.3 is 0 Å². The van der Waals surface area contributed by atoms with Gasteiger partial charge in [0, 0.05) is 51.2 Å². The SMILES string of the molecule is CC(CN1CCOCC1)N(Cc1ccccc1)Cc1ccncc1. The first kappa shape index (κ1) is 17.1. The van der Waals surface area contributed by atoms with Crippen molar-refractivity contribution >= 4 is 0 Å². The Hall–Kier alpha value is -1.75. The highest BCUT2D eigenvalue weighted by Crippen LogP contribution is 2.14. The Bertz CT molecular complexity index is 543. The minimum Gasteiger partial charge on any atom is -0.379 e. The third kappa shape index (κ3) is 5.13. The molecular weight excluding hydrogens is 298 g/mol. The van der Waals surface area contributed by atoms with Gasteiger partial charge in [0.25, 0.3) is 0 Å². The summed E-state index contributed by atoms with van der Waals surface area (Å²) in [6.45, 7) is 9.13. The molecule has 4 heteroatoms. The first-order valence-corrected chi connectivity index (χ1v) is 8.78. The second kappa shape index (κ2) is 8.92. The molecule has 3 rings (SSSR count). The molecule has 1 aliphatic heterocycles. The quantitative estimate of drug-likeness (QED) is 0.783. The third-order valence-corrected chi connectivity index (χ3v) is 4.61. The molecule has 1 unspecified atom stereocenters. The molecule has 2 heterocycles. The summed E-state index contributed by atoms with van der Waals surface area (Å²) in [7, 11) is 0. The van der Waals surface area contributed by atoms with Crippen LogP contribution in [0.15, 0.2) is 54.9 Å². The number of aromatic nitrogens is 1. The Morgan fingerprint density at radius 1 is 1.00 bits per heavy atom. The highest BCUT2D eigenvalue weighted by atomic mass is 16.5. The monoisotopic (exact) mass is 325 g/mol. The van der Waals surface area contributed by atoms with Gasteiger partial charge in [-0.3, -0.25) is 14.8 Å². The lowest BCUT2D eigenvalue weighted by molar-refractivity contribution is 0.0226. The van der Waals surface area contributed by atoms with Crippen LogP contribution in [0.5, 0.6) is 0 Å². The Morgan fingerprint density at radius 2 is 1.62 bits per heavy atom. The molecule has 0 saturated carbocycles. The molecule has 1 aliphatic rings. The van der Waals surface area contributed by atoms with Crippen molar-refractivity contribution in [3.05, 3.63) is 66.0 Å². The van der Waals surface area contributed by atoms with Crippen molar-refractivity contribution in [2.24, 2.45) is 0 Å². The van der Waals surface area contributed by atoms with E-state index in [2.05, 4.69) is 64.2 Å². The average molecular weight is 325 g/mol. The summed E-state index contributed by atoms with van der Waals surface area (Å²) in [4.78, 5) is 9.20. The summed E-state index contributed by atoms with van der Waals surface area (Å²) in [5.74, 6) is 0. The number of morpholine rings is 1. The maximum absolute atomic E-state index is 5.47. The van der Waals surface area contributed by atoms with Crippen LogP contribution >= 0.6 is 0 Å². The summed E-state index contributed by atoms with van der Waals surface area (Å²) in [6.07, 6.45) is 3.76. The largest absolute Gasteiger partial charge is 0.379 e. The fourth-order valence-corrected chi connectivity index (χ4v) is 3.18. The van der Waals surface area contributed by atoms with E-state index in [0.717, 1.165) is 45.9 Å². The average Bonchev–Trinajstić information content (AvgIpc) is 2.64. The molecular formula is C20H27N3O. The number of benzene rings is 1. The smallest absolute Gasteiger partial charge is 0.0594 e. The molecule has 0 bridgehead atoms. The molecule has 1 saturated heterocycles. The lowest BCUT2D eigenvalue weighted by Crippen LogP contribution is -2.45. The molecule has 0 radical (unpaired) electrons. The Labute approximate surface area is 145 Å². The van der Waals surface area contributed by atoms with Crippen LogP contribution < -0.4 is 0 Å². The van der Waals surface area contributed by atoms with Crippen LogP contribution in [0.2, 0.25) is 0 Å². The molecule has 4 nitrogen and oxygen atoms in total. The van der Waals surface area contributed by atoms with Crippen LogP contribution in [0, 0.1) is 0 Å². The number of hydrogen-bond acceptors (Lipinski definition) is 4. The van der Waals surface area contributed by atoms with E-state index in [9.17, 15) is 0 Å². The van der Waals surface area contributed by atoms with Crippen molar-refractivity contribution in [3.63, 3.8) is 0 Å². The first-order valence-electron chi connectivity index (χ1n) is 8.78. The second-order valence-electron chi connectivity index (χ2n) is 6.51. The highest BCUT2D eigenvalue weighted by Gasteiger charge is 2.19. The molecule has 1 fully saturated rings. The third-order valence-electron chi connectivity index (χ3n) is 4.61. The predicted octanol–water partition coefficient (Wildman–Crippen LogP) is 2.80. The van der Waals surface area contributed by atoms with Crippen LogP contribution in [0.1, 0.15) is 18.1 Å². The first-order chi connectivity index (χ1) is 11.8. The molecule has 0 aliphatic carbocycles. The van der Waals surface area contributed by atoms with Crippen molar-refractivity contribution in [1.29, 1.82) is 0 Å². The van der Waals surface area contributed by atoms with Crippen molar-refractivity contribution in [2.45, 2.75) is 26.1 Å². The van der Waals surface area contributed by atoms with Crippen molar-refractivity contribution in [3.8, 4) is 0 Å². The maximum atomic E-state index is 5.47. The van der Waals surface area contributed by atoms with E-state index in [-0.39, 0.29) is 0 Å². The Balaban J connectivity index is 1.67. The number of rotatable bonds is 7. The van der Waals surface area contributed by atoms with Gasteiger partial charge in [0.1, 0.15) is 0 Å². The van der Waals surface area contributed by atoms with Gasteiger partial charge < -0.3 is 4.74 Å². The van der Waals surface area contributed by atoms with E-state index < -0.39 is 0 Å². The summed E-state index contributed by atoms with van der Waals surface area (Å²) >= 11 is 0. The molecule has 1 aromatic carbocycles. The molecule has 1 atom stereocenters. The molecule has 24 heavy (non-hydrogen) atoms. The minimum absolute atomic E-state index is 0.483. The number of ether oxygens (including phenoxy) is 1. The zero-order valence-corrected chi connectivity index (χ0v) is 14.5. The molecule has 0 spiro atoms. The van der Waals surface area contributed by atoms with Gasteiger partial charge in [0.05, 0.1) is 13.2 Å². The molecule has 0 amide bonds. The van der Waals surface area contributed by atoms with Crippen molar-refractivity contribution in [1.82, 2.24) is 14.8 Å². The van der Waals surface area contributed by atoms with Crippen LogP contribution in [0.4, 0.5) is 0 Å². The fourth-order valence-electron chi connectivity index (χ4n) is 3.18. The summed E-state index contributed by atoms with van der Waals surface area (Å²) in [6, 6.07) is 15.4. The van der Waals surface area contributed by atoms with Gasteiger partial charge in [-0.15, -0.1) is 0 Å². The van der Waals surface area contributed by atoms with Gasteiger partial charge in [0.15, 0.2) is 0 Å². The van der Waals surface area contributed by atoms with Gasteiger partial charge in [-0.05, 0) is 30.2 Å². The lowest BCUT2D eigenvalue weighted by atomic mass is 10.1. The van der Waals surface area contributed by atoms with Crippen LogP contribution in [-0.2, 0) is 17.8 Å². The lowest BCUT2D eigenvalue weighted by Gasteiger charge is -2.35. The molecule has 1 aromatic heterocycles. The van der Waals surface area contributed by atoms with Crippen LogP contribution in [0.3, 0.4) is 0 Å². The number of hydrogen-bond donors (Lipinski definition) is 0. The zero-order chi connectivity index (χ0) is 16.6. The molecule has 0 N–H and O–H groups in total. The molecule has 128 valence electrons. The van der Waals surface area contributed by atoms with Crippen LogP contribution in [0.25, 0.3) is 0 Å². The normalized spacial score (nSPS) is 17.1. The van der Waals surface area contributed by atoms with E-state index in [1.54, 1.807) is 0 Å². The van der Waals surface area contributed by atoms with Crippen LogP contribution in [-0.4, -0.2) is 53.7 Å². The van der Waals surface area contributed by atoms with Gasteiger partial charge in [-0.1, -0.05) is 30.3 Å². The standard InChI is InChI=1S/C20H27N3O/c1-18(15-22-11-13-24-14-12-22)23(16-19-5-3-2-4-6-19)17-20-7-9-21-10-8-20/h2-10,18H,11-17H2,1H3. The zero-order valence-electron chi connectivity index (χ0n) is 14.5. The van der Waals surface area contributed by atoms with E-state index >= 15 is 0 Å². The Morgan fingerprint density at radius 3 is 2.29 bits per heavy atom. The van der Waals surface area contributed by atoms with Crippen molar-refractivity contribution in [2.75, 3.05) is 32.8 Å². The highest BCUT2D eigenvalue weighted by molar-refractivity contribution is 5.16. The van der Waals surface area contributed by atoms with Gasteiger partial charge in [-0.25, -0.2) is 0 Å². The van der Waals surface area contributed by atoms with E-state index in [1.807, 2.05) is 12.4 Å². The predicted molar refractivity (Wildman–Crippen MR) is 96.6 cm³/mol. The second-order valence-corrected chi connectivity index (χ2v) is 6.51. The number of nitrogens with zero attached hydrogens (tertiary/aromatic N) is 3. The van der Waals surface area contributed by atoms with E-state index in [4.69, 9.17) is 4.74 Å². The van der Waals surface area contributed by atoms with Gasteiger partial charge in [-0.2, -0.15) is 0 Å². The van der Waals surface area contributed by atoms with E-state index in [0.29, 0.717) is 6.04 Å². The summed E-state index contributed by atoms with van der Waals surface area (Å²) < 4.78 is 5.47. The Kier molecular flexibility index (Phi) is 6.35. The van der Waals surface area contributed by atoms with E-state index in [1.165, 1.54) is 11.1 Å².